The number of hydrazine groups is 1. The molecule has 0 spiro atoms. The Morgan fingerprint density at radius 1 is 1.42 bits per heavy atom. The first-order valence-corrected chi connectivity index (χ1v) is 3.40. The predicted octanol–water partition coefficient (Wildman–Crippen LogP) is -0.750. The molecule has 6 heteroatoms. The molecule has 3 N–H and O–H groups in total. The smallest absolute Gasteiger partial charge is 0.333 e. The van der Waals surface area contributed by atoms with Crippen molar-refractivity contribution in [1.29, 1.82) is 5.26 Å². The van der Waals surface area contributed by atoms with Gasteiger partial charge in [-0.15, -0.1) is 0 Å². The molecule has 6 nitrogen and oxygen atoms in total. The van der Waals surface area contributed by atoms with Gasteiger partial charge in [0.05, 0.1) is 6.07 Å². The molecule has 0 unspecified atom stereocenters. The Bertz CT molecular complexity index is 208. The fraction of sp³-hybridized carbons (Fsp3) is 0.500. The molecule has 0 bridgehead atoms. The molecule has 0 rings (SSSR count). The van der Waals surface area contributed by atoms with E-state index in [0.717, 1.165) is 0 Å². The van der Waals surface area contributed by atoms with Gasteiger partial charge in [-0.2, -0.15) is 5.26 Å². The topological polar surface area (TPSA) is 94.0 Å². The molecular weight excluding hydrogens is 160 g/mol. The van der Waals surface area contributed by atoms with Crippen LogP contribution >= 0.6 is 0 Å². The second kappa shape index (κ2) is 5.97. The van der Waals surface area contributed by atoms with Gasteiger partial charge in [0.2, 0.25) is 0 Å². The Morgan fingerprint density at radius 3 is 2.58 bits per heavy atom. The lowest BCUT2D eigenvalue weighted by Gasteiger charge is -2.04. The van der Waals surface area contributed by atoms with E-state index in [1.54, 1.807) is 13.0 Å². The van der Waals surface area contributed by atoms with Gasteiger partial charge >= 0.3 is 6.03 Å². The van der Waals surface area contributed by atoms with Crippen molar-refractivity contribution in [1.82, 2.24) is 16.2 Å². The highest BCUT2D eigenvalue weighted by Gasteiger charge is 2.00. The summed E-state index contributed by atoms with van der Waals surface area (Å²) in [6, 6.07) is 1.14. The average molecular weight is 170 g/mol. The number of carbonyl (C=O) groups is 2. The molecule has 0 saturated carbocycles. The number of hydrogen-bond donors (Lipinski definition) is 3. The minimum absolute atomic E-state index is 0.271. The summed E-state index contributed by atoms with van der Waals surface area (Å²) in [5.74, 6) is -0.538. The maximum atomic E-state index is 10.6. The highest BCUT2D eigenvalue weighted by atomic mass is 16.2. The van der Waals surface area contributed by atoms with E-state index in [1.165, 1.54) is 0 Å². The molecule has 0 aliphatic carbocycles. The zero-order chi connectivity index (χ0) is 9.40. The van der Waals surface area contributed by atoms with Crippen LogP contribution in [0.3, 0.4) is 0 Å². The second-order valence-corrected chi connectivity index (χ2v) is 1.87. The molecule has 0 aliphatic heterocycles. The van der Waals surface area contributed by atoms with E-state index in [2.05, 4.69) is 10.7 Å². The highest BCUT2D eigenvalue weighted by Crippen LogP contribution is 1.71. The summed E-state index contributed by atoms with van der Waals surface area (Å²) >= 11 is 0. The fourth-order valence-electron chi connectivity index (χ4n) is 0.447. The first-order chi connectivity index (χ1) is 5.70. The Balaban J connectivity index is 3.48. The van der Waals surface area contributed by atoms with E-state index in [4.69, 9.17) is 5.26 Å². The maximum Gasteiger partial charge on any atom is 0.333 e. The molecule has 0 radical (unpaired) electrons. The molecule has 0 aromatic carbocycles. The third kappa shape index (κ3) is 5.05. The van der Waals surface area contributed by atoms with Crippen LogP contribution in [0.25, 0.3) is 0 Å². The molecule has 0 atom stereocenters. The summed E-state index contributed by atoms with van der Waals surface area (Å²) < 4.78 is 0. The van der Waals surface area contributed by atoms with Crippen LogP contribution in [0.1, 0.15) is 13.3 Å². The standard InChI is InChI=1S/C6H10N4O2/c1-2-8-6(12)10-9-5(11)3-4-7/h2-3H2,1H3,(H,9,11)(H2,8,10,12). The minimum Gasteiger partial charge on any atom is -0.337 e. The van der Waals surface area contributed by atoms with Crippen LogP contribution in [0, 0.1) is 11.3 Å². The van der Waals surface area contributed by atoms with E-state index in [0.29, 0.717) is 6.54 Å². The number of rotatable bonds is 2. The SMILES string of the molecule is CCNC(=O)NNC(=O)CC#N. The monoisotopic (exact) mass is 170 g/mol. The van der Waals surface area contributed by atoms with Crippen LogP contribution in [0.15, 0.2) is 0 Å². The number of hydrogen-bond acceptors (Lipinski definition) is 3. The number of nitriles is 1. The van der Waals surface area contributed by atoms with Crippen molar-refractivity contribution in [2.45, 2.75) is 13.3 Å². The lowest BCUT2D eigenvalue weighted by molar-refractivity contribution is -0.120. The van der Waals surface area contributed by atoms with Gasteiger partial charge in [0, 0.05) is 6.54 Å². The summed E-state index contributed by atoms with van der Waals surface area (Å²) in [7, 11) is 0. The Labute approximate surface area is 69.9 Å². The molecule has 0 fully saturated rings. The third-order valence-corrected chi connectivity index (χ3v) is 0.892. The number of carbonyl (C=O) groups excluding carboxylic acids is 2. The van der Waals surface area contributed by atoms with Crippen molar-refractivity contribution in [3.8, 4) is 6.07 Å². The van der Waals surface area contributed by atoms with E-state index in [1.807, 2.05) is 5.43 Å². The van der Waals surface area contributed by atoms with E-state index < -0.39 is 11.9 Å². The van der Waals surface area contributed by atoms with Crippen molar-refractivity contribution in [2.24, 2.45) is 0 Å². The summed E-state index contributed by atoms with van der Waals surface area (Å²) in [4.78, 5) is 21.2. The predicted molar refractivity (Wildman–Crippen MR) is 40.6 cm³/mol. The highest BCUT2D eigenvalue weighted by molar-refractivity contribution is 5.82. The van der Waals surface area contributed by atoms with E-state index in [-0.39, 0.29) is 6.42 Å². The van der Waals surface area contributed by atoms with Gasteiger partial charge < -0.3 is 5.32 Å². The summed E-state index contributed by atoms with van der Waals surface area (Å²) in [6.45, 7) is 2.22. The second-order valence-electron chi connectivity index (χ2n) is 1.87. The molecule has 0 heterocycles. The number of nitrogens with zero attached hydrogens (tertiary/aromatic N) is 1. The lowest BCUT2D eigenvalue weighted by atomic mass is 10.5. The van der Waals surface area contributed by atoms with Crippen LogP contribution in [0.4, 0.5) is 4.79 Å². The number of amides is 3. The molecule has 66 valence electrons. The van der Waals surface area contributed by atoms with Gasteiger partial charge in [0.25, 0.3) is 5.91 Å². The minimum atomic E-state index is -0.538. The largest absolute Gasteiger partial charge is 0.337 e. The van der Waals surface area contributed by atoms with Crippen molar-refractivity contribution in [3.63, 3.8) is 0 Å². The number of nitrogens with one attached hydrogen (secondary N) is 3. The van der Waals surface area contributed by atoms with Gasteiger partial charge in [0.1, 0.15) is 6.42 Å². The molecule has 12 heavy (non-hydrogen) atoms. The van der Waals surface area contributed by atoms with E-state index in [9.17, 15) is 9.59 Å². The normalized spacial score (nSPS) is 8.00. The van der Waals surface area contributed by atoms with E-state index >= 15 is 0 Å². The fourth-order valence-corrected chi connectivity index (χ4v) is 0.447. The van der Waals surface area contributed by atoms with Gasteiger partial charge in [-0.05, 0) is 6.92 Å². The molecule has 0 aromatic rings. The maximum absolute atomic E-state index is 10.6. The zero-order valence-electron chi connectivity index (χ0n) is 6.68. The van der Waals surface area contributed by atoms with Gasteiger partial charge in [-0.25, -0.2) is 10.2 Å². The first-order valence-electron chi connectivity index (χ1n) is 3.40. The van der Waals surface area contributed by atoms with Crippen LogP contribution < -0.4 is 16.2 Å². The van der Waals surface area contributed by atoms with Crippen LogP contribution in [0.5, 0.6) is 0 Å². The van der Waals surface area contributed by atoms with Gasteiger partial charge in [0.15, 0.2) is 0 Å². The Morgan fingerprint density at radius 2 is 2.08 bits per heavy atom. The average Bonchev–Trinajstić information content (AvgIpc) is 2.02. The van der Waals surface area contributed by atoms with Crippen molar-refractivity contribution >= 4 is 11.9 Å². The quantitative estimate of drug-likeness (QED) is 0.476. The van der Waals surface area contributed by atoms with Crippen LogP contribution in [0.2, 0.25) is 0 Å². The number of urea groups is 1. The Hall–Kier alpha value is -1.77. The first kappa shape index (κ1) is 10.2. The lowest BCUT2D eigenvalue weighted by Crippen LogP contribution is -2.46. The summed E-state index contributed by atoms with van der Waals surface area (Å²) in [6.07, 6.45) is -0.271. The summed E-state index contributed by atoms with van der Waals surface area (Å²) in [5.41, 5.74) is 4.11. The Kier molecular flexibility index (Phi) is 5.09. The zero-order valence-corrected chi connectivity index (χ0v) is 6.68. The van der Waals surface area contributed by atoms with Gasteiger partial charge in [-0.1, -0.05) is 0 Å². The third-order valence-electron chi connectivity index (χ3n) is 0.892. The van der Waals surface area contributed by atoms with Gasteiger partial charge in [-0.3, -0.25) is 10.2 Å². The van der Waals surface area contributed by atoms with Crippen molar-refractivity contribution < 1.29 is 9.59 Å². The van der Waals surface area contributed by atoms with Crippen molar-refractivity contribution in [3.05, 3.63) is 0 Å². The van der Waals surface area contributed by atoms with Crippen LogP contribution in [-0.2, 0) is 4.79 Å². The molecule has 0 aliphatic rings. The molecule has 0 saturated heterocycles. The van der Waals surface area contributed by atoms with Crippen LogP contribution in [-0.4, -0.2) is 18.5 Å². The van der Waals surface area contributed by atoms with Crippen molar-refractivity contribution in [2.75, 3.05) is 6.54 Å². The molecule has 3 amide bonds. The molecule has 0 aromatic heterocycles. The molecular formula is C6H10N4O2. The summed E-state index contributed by atoms with van der Waals surface area (Å²) in [5, 5.41) is 10.5.